The van der Waals surface area contributed by atoms with Crippen LogP contribution in [-0.4, -0.2) is 25.7 Å². The van der Waals surface area contributed by atoms with E-state index in [0.29, 0.717) is 13.0 Å². The maximum absolute atomic E-state index is 11.5. The molecule has 0 saturated carbocycles. The molecule has 1 aromatic carbocycles. The second-order valence-electron chi connectivity index (χ2n) is 4.24. The lowest BCUT2D eigenvalue weighted by atomic mass is 9.97. The number of nitrogens with two attached hydrogens (primary N) is 1. The molecule has 1 rings (SSSR count). The number of esters is 1. The highest BCUT2D eigenvalue weighted by Gasteiger charge is 2.17. The van der Waals surface area contributed by atoms with Gasteiger partial charge in [-0.05, 0) is 49.9 Å². The van der Waals surface area contributed by atoms with E-state index in [2.05, 4.69) is 0 Å². The third-order valence-electron chi connectivity index (χ3n) is 3.10. The molecule has 0 heterocycles. The van der Waals surface area contributed by atoms with Crippen LogP contribution >= 0.6 is 0 Å². The summed E-state index contributed by atoms with van der Waals surface area (Å²) >= 11 is 0. The summed E-state index contributed by atoms with van der Waals surface area (Å²) in [6.45, 7) is 6.12. The monoisotopic (exact) mass is 251 g/mol. The molecule has 0 bridgehead atoms. The zero-order valence-electron chi connectivity index (χ0n) is 11.4. The molecular formula is C14H21NO3. The highest BCUT2D eigenvalue weighted by Crippen LogP contribution is 2.24. The molecule has 100 valence electrons. The van der Waals surface area contributed by atoms with Crippen molar-refractivity contribution in [2.45, 2.75) is 33.2 Å². The van der Waals surface area contributed by atoms with E-state index in [1.807, 2.05) is 26.0 Å². The predicted molar refractivity (Wildman–Crippen MR) is 70.8 cm³/mol. The maximum Gasteiger partial charge on any atom is 0.323 e. The molecule has 0 aliphatic heterocycles. The molecule has 0 amide bonds. The smallest absolute Gasteiger partial charge is 0.323 e. The molecule has 2 N–H and O–H groups in total. The van der Waals surface area contributed by atoms with Crippen molar-refractivity contribution in [1.82, 2.24) is 0 Å². The Bertz CT molecular complexity index is 429. The summed E-state index contributed by atoms with van der Waals surface area (Å²) in [5.74, 6) is 0.492. The molecule has 4 heteroatoms. The molecule has 0 aliphatic rings. The van der Waals surface area contributed by atoms with Crippen LogP contribution in [0.4, 0.5) is 0 Å². The molecule has 0 saturated heterocycles. The molecule has 1 aromatic rings. The lowest BCUT2D eigenvalue weighted by Gasteiger charge is -2.15. The average molecular weight is 251 g/mol. The third-order valence-corrected chi connectivity index (χ3v) is 3.10. The first-order valence-electron chi connectivity index (χ1n) is 6.06. The Hall–Kier alpha value is -1.55. The first-order chi connectivity index (χ1) is 8.51. The molecule has 1 atom stereocenters. The second kappa shape index (κ2) is 6.40. The van der Waals surface area contributed by atoms with Gasteiger partial charge in [-0.15, -0.1) is 0 Å². The fourth-order valence-corrected chi connectivity index (χ4v) is 1.86. The minimum absolute atomic E-state index is 0.354. The number of benzene rings is 1. The van der Waals surface area contributed by atoms with Crippen molar-refractivity contribution in [3.63, 3.8) is 0 Å². The van der Waals surface area contributed by atoms with E-state index < -0.39 is 6.04 Å². The van der Waals surface area contributed by atoms with Gasteiger partial charge in [0.15, 0.2) is 0 Å². The van der Waals surface area contributed by atoms with Crippen LogP contribution in [-0.2, 0) is 16.0 Å². The Morgan fingerprint density at radius 3 is 2.56 bits per heavy atom. The van der Waals surface area contributed by atoms with Crippen molar-refractivity contribution < 1.29 is 14.3 Å². The van der Waals surface area contributed by atoms with E-state index >= 15 is 0 Å². The number of carbonyl (C=O) groups is 1. The lowest BCUT2D eigenvalue weighted by Crippen LogP contribution is -2.34. The largest absolute Gasteiger partial charge is 0.496 e. The topological polar surface area (TPSA) is 61.5 Å². The molecule has 18 heavy (non-hydrogen) atoms. The van der Waals surface area contributed by atoms with Crippen molar-refractivity contribution >= 4 is 5.97 Å². The fourth-order valence-electron chi connectivity index (χ4n) is 1.86. The number of rotatable bonds is 5. The molecular weight excluding hydrogens is 230 g/mol. The van der Waals surface area contributed by atoms with E-state index in [1.165, 1.54) is 0 Å². The normalized spacial score (nSPS) is 12.1. The van der Waals surface area contributed by atoms with Gasteiger partial charge in [-0.25, -0.2) is 0 Å². The SMILES string of the molecule is CCOC(=O)C(N)Cc1ccc(OC)c(C)c1C. The summed E-state index contributed by atoms with van der Waals surface area (Å²) in [5, 5.41) is 0. The molecule has 0 radical (unpaired) electrons. The second-order valence-corrected chi connectivity index (χ2v) is 4.24. The lowest BCUT2D eigenvalue weighted by molar-refractivity contribution is -0.144. The number of carbonyl (C=O) groups excluding carboxylic acids is 1. The summed E-state index contributed by atoms with van der Waals surface area (Å²) in [6, 6.07) is 3.23. The van der Waals surface area contributed by atoms with Gasteiger partial charge in [0, 0.05) is 0 Å². The van der Waals surface area contributed by atoms with Crippen molar-refractivity contribution in [3.8, 4) is 5.75 Å². The van der Waals surface area contributed by atoms with E-state index in [4.69, 9.17) is 15.2 Å². The van der Waals surface area contributed by atoms with Gasteiger partial charge in [-0.1, -0.05) is 6.07 Å². The Morgan fingerprint density at radius 1 is 1.33 bits per heavy atom. The number of methoxy groups -OCH3 is 1. The van der Waals surface area contributed by atoms with Gasteiger partial charge in [-0.2, -0.15) is 0 Å². The van der Waals surface area contributed by atoms with Gasteiger partial charge in [0.25, 0.3) is 0 Å². The quantitative estimate of drug-likeness (QED) is 0.810. The first-order valence-corrected chi connectivity index (χ1v) is 6.06. The van der Waals surface area contributed by atoms with Crippen molar-refractivity contribution in [3.05, 3.63) is 28.8 Å². The van der Waals surface area contributed by atoms with E-state index in [1.54, 1.807) is 14.0 Å². The molecule has 0 aromatic heterocycles. The van der Waals surface area contributed by atoms with Gasteiger partial charge in [0.05, 0.1) is 13.7 Å². The van der Waals surface area contributed by atoms with Gasteiger partial charge >= 0.3 is 5.97 Å². The summed E-state index contributed by atoms with van der Waals surface area (Å²) in [6.07, 6.45) is 0.482. The Labute approximate surface area is 108 Å². The molecule has 0 fully saturated rings. The molecule has 1 unspecified atom stereocenters. The minimum atomic E-state index is -0.614. The fraction of sp³-hybridized carbons (Fsp3) is 0.500. The van der Waals surface area contributed by atoms with Crippen LogP contribution in [0.2, 0.25) is 0 Å². The van der Waals surface area contributed by atoms with Crippen LogP contribution in [0.5, 0.6) is 5.75 Å². The Morgan fingerprint density at radius 2 is 2.00 bits per heavy atom. The van der Waals surface area contributed by atoms with Gasteiger partial charge in [-0.3, -0.25) is 4.79 Å². The maximum atomic E-state index is 11.5. The van der Waals surface area contributed by atoms with Gasteiger partial charge in [0.1, 0.15) is 11.8 Å². The average Bonchev–Trinajstić information content (AvgIpc) is 2.35. The van der Waals surface area contributed by atoms with Gasteiger partial charge in [0.2, 0.25) is 0 Å². The number of hydrogen-bond acceptors (Lipinski definition) is 4. The zero-order valence-corrected chi connectivity index (χ0v) is 11.4. The Balaban J connectivity index is 2.85. The van der Waals surface area contributed by atoms with Gasteiger partial charge < -0.3 is 15.2 Å². The van der Waals surface area contributed by atoms with Crippen LogP contribution in [0.3, 0.4) is 0 Å². The van der Waals surface area contributed by atoms with E-state index in [0.717, 1.165) is 22.4 Å². The summed E-state index contributed by atoms with van der Waals surface area (Å²) in [5.41, 5.74) is 9.05. The summed E-state index contributed by atoms with van der Waals surface area (Å²) in [4.78, 5) is 11.5. The van der Waals surface area contributed by atoms with Crippen LogP contribution in [0.25, 0.3) is 0 Å². The number of ether oxygens (including phenoxy) is 2. The number of hydrogen-bond donors (Lipinski definition) is 1. The highest BCUT2D eigenvalue weighted by atomic mass is 16.5. The molecule has 0 aliphatic carbocycles. The highest BCUT2D eigenvalue weighted by molar-refractivity contribution is 5.76. The minimum Gasteiger partial charge on any atom is -0.496 e. The standard InChI is InChI=1S/C14H21NO3/c1-5-18-14(16)12(15)8-11-6-7-13(17-4)10(3)9(11)2/h6-7,12H,5,8,15H2,1-4H3. The van der Waals surface area contributed by atoms with Crippen molar-refractivity contribution in [1.29, 1.82) is 0 Å². The van der Waals surface area contributed by atoms with E-state index in [-0.39, 0.29) is 5.97 Å². The molecule has 4 nitrogen and oxygen atoms in total. The first kappa shape index (κ1) is 14.5. The van der Waals surface area contributed by atoms with Crippen molar-refractivity contribution in [2.75, 3.05) is 13.7 Å². The molecule has 0 spiro atoms. The Kier molecular flexibility index (Phi) is 5.16. The van der Waals surface area contributed by atoms with Crippen LogP contribution in [0.1, 0.15) is 23.6 Å². The van der Waals surface area contributed by atoms with Crippen LogP contribution in [0, 0.1) is 13.8 Å². The summed E-state index contributed by atoms with van der Waals surface area (Å²) in [7, 11) is 1.64. The van der Waals surface area contributed by atoms with Crippen molar-refractivity contribution in [2.24, 2.45) is 5.73 Å². The van der Waals surface area contributed by atoms with Crippen LogP contribution in [0.15, 0.2) is 12.1 Å². The van der Waals surface area contributed by atoms with Crippen LogP contribution < -0.4 is 10.5 Å². The van der Waals surface area contributed by atoms with E-state index in [9.17, 15) is 4.79 Å². The zero-order chi connectivity index (χ0) is 13.7. The predicted octanol–water partition coefficient (Wildman–Crippen LogP) is 1.74. The third kappa shape index (κ3) is 3.23. The summed E-state index contributed by atoms with van der Waals surface area (Å²) < 4.78 is 10.2.